The number of aryl methyl sites for hydroxylation is 1. The van der Waals surface area contributed by atoms with Crippen LogP contribution >= 0.6 is 11.3 Å². The van der Waals surface area contributed by atoms with Crippen LogP contribution in [0.25, 0.3) is 16.2 Å². The maximum Gasteiger partial charge on any atom is 0.271 e. The highest BCUT2D eigenvalue weighted by Gasteiger charge is 2.26. The predicted molar refractivity (Wildman–Crippen MR) is 106 cm³/mol. The number of imidazole rings is 1. The highest BCUT2D eigenvalue weighted by molar-refractivity contribution is 7.15. The number of amides is 1. The molecule has 0 N–H and O–H groups in total. The van der Waals surface area contributed by atoms with Crippen LogP contribution in [0.4, 0.5) is 0 Å². The van der Waals surface area contributed by atoms with Gasteiger partial charge in [-0.3, -0.25) is 9.20 Å². The first kappa shape index (κ1) is 17.2. The molecular weight excluding hydrogens is 344 g/mol. The molecule has 0 spiro atoms. The molecule has 4 rings (SSSR count). The van der Waals surface area contributed by atoms with Crippen LogP contribution in [0.5, 0.6) is 0 Å². The zero-order chi connectivity index (χ0) is 18.3. The molecule has 5 nitrogen and oxygen atoms in total. The van der Waals surface area contributed by atoms with Crippen molar-refractivity contribution in [2.45, 2.75) is 25.8 Å². The van der Waals surface area contributed by atoms with E-state index >= 15 is 0 Å². The molecule has 1 aliphatic rings. The standard InChI is InChI=1S/C20H24N4OS/c1-14-4-6-15(7-5-14)17-12-24-18(13-26-20(24)21-17)19(25)23(3)16-8-10-22(2)11-9-16/h4-7,12-13,16H,8-11H2,1-3H3. The number of hydrogen-bond donors (Lipinski definition) is 0. The lowest BCUT2D eigenvalue weighted by Gasteiger charge is -2.34. The number of rotatable bonds is 3. The molecule has 1 aromatic carbocycles. The molecule has 26 heavy (non-hydrogen) atoms. The van der Waals surface area contributed by atoms with Crippen molar-refractivity contribution in [1.82, 2.24) is 19.2 Å². The molecule has 3 heterocycles. The zero-order valence-corrected chi connectivity index (χ0v) is 16.3. The van der Waals surface area contributed by atoms with Gasteiger partial charge in [-0.25, -0.2) is 4.98 Å². The maximum absolute atomic E-state index is 13.1. The molecule has 1 amide bonds. The molecule has 0 atom stereocenters. The van der Waals surface area contributed by atoms with E-state index in [9.17, 15) is 4.79 Å². The van der Waals surface area contributed by atoms with E-state index in [-0.39, 0.29) is 5.91 Å². The molecule has 136 valence electrons. The summed E-state index contributed by atoms with van der Waals surface area (Å²) in [6, 6.07) is 8.64. The molecule has 1 aliphatic heterocycles. The van der Waals surface area contributed by atoms with Gasteiger partial charge in [0.05, 0.1) is 5.69 Å². The van der Waals surface area contributed by atoms with Crippen molar-refractivity contribution in [2.75, 3.05) is 27.2 Å². The number of nitrogens with zero attached hydrogens (tertiary/aromatic N) is 4. The Kier molecular flexibility index (Phi) is 4.54. The van der Waals surface area contributed by atoms with Crippen LogP contribution in [0.3, 0.4) is 0 Å². The Morgan fingerprint density at radius 2 is 1.92 bits per heavy atom. The number of fused-ring (bicyclic) bond motifs is 1. The van der Waals surface area contributed by atoms with Crippen molar-refractivity contribution in [1.29, 1.82) is 0 Å². The number of aromatic nitrogens is 2. The number of hydrogen-bond acceptors (Lipinski definition) is 4. The van der Waals surface area contributed by atoms with Gasteiger partial charge in [-0.2, -0.15) is 0 Å². The SMILES string of the molecule is Cc1ccc(-c2cn3c(C(=O)N(C)C4CCN(C)CC4)csc3n2)cc1. The third-order valence-electron chi connectivity index (χ3n) is 5.33. The monoisotopic (exact) mass is 368 g/mol. The molecule has 0 radical (unpaired) electrons. The van der Waals surface area contributed by atoms with E-state index in [2.05, 4.69) is 43.1 Å². The second kappa shape index (κ2) is 6.85. The van der Waals surface area contributed by atoms with Gasteiger partial charge in [0.25, 0.3) is 5.91 Å². The number of benzene rings is 1. The van der Waals surface area contributed by atoms with E-state index in [1.807, 2.05) is 27.9 Å². The fourth-order valence-electron chi connectivity index (χ4n) is 3.53. The van der Waals surface area contributed by atoms with Crippen molar-refractivity contribution >= 4 is 22.2 Å². The van der Waals surface area contributed by atoms with Gasteiger partial charge in [0.15, 0.2) is 4.96 Å². The average molecular weight is 369 g/mol. The molecule has 0 unspecified atom stereocenters. The van der Waals surface area contributed by atoms with Gasteiger partial charge in [-0.15, -0.1) is 11.3 Å². The van der Waals surface area contributed by atoms with E-state index in [0.29, 0.717) is 11.7 Å². The average Bonchev–Trinajstić information content (AvgIpc) is 3.22. The Morgan fingerprint density at radius 1 is 1.23 bits per heavy atom. The van der Waals surface area contributed by atoms with Crippen molar-refractivity contribution in [3.63, 3.8) is 0 Å². The Hall–Kier alpha value is -2.18. The number of thiazole rings is 1. The summed E-state index contributed by atoms with van der Waals surface area (Å²) < 4.78 is 1.94. The van der Waals surface area contributed by atoms with Crippen LogP contribution in [-0.4, -0.2) is 58.3 Å². The first-order valence-corrected chi connectivity index (χ1v) is 9.90. The van der Waals surface area contributed by atoms with Crippen LogP contribution < -0.4 is 0 Å². The first-order valence-electron chi connectivity index (χ1n) is 9.02. The van der Waals surface area contributed by atoms with Crippen molar-refractivity contribution in [2.24, 2.45) is 0 Å². The second-order valence-electron chi connectivity index (χ2n) is 7.22. The number of carbonyl (C=O) groups excluding carboxylic acids is 1. The van der Waals surface area contributed by atoms with Gasteiger partial charge in [0, 0.05) is 30.2 Å². The summed E-state index contributed by atoms with van der Waals surface area (Å²) in [7, 11) is 4.07. The van der Waals surface area contributed by atoms with Crippen LogP contribution in [0, 0.1) is 6.92 Å². The van der Waals surface area contributed by atoms with E-state index in [0.717, 1.165) is 42.1 Å². The predicted octanol–water partition coefficient (Wildman–Crippen LogP) is 3.54. The summed E-state index contributed by atoms with van der Waals surface area (Å²) in [4.78, 5) is 22.9. The van der Waals surface area contributed by atoms with Crippen molar-refractivity contribution in [3.05, 3.63) is 47.1 Å². The molecule has 0 bridgehead atoms. The van der Waals surface area contributed by atoms with Crippen LogP contribution in [0.2, 0.25) is 0 Å². The third kappa shape index (κ3) is 3.15. The Balaban J connectivity index is 1.60. The van der Waals surface area contributed by atoms with Crippen LogP contribution in [-0.2, 0) is 0 Å². The number of likely N-dealkylation sites (tertiary alicyclic amines) is 1. The smallest absolute Gasteiger partial charge is 0.271 e. The van der Waals surface area contributed by atoms with Gasteiger partial charge in [-0.05, 0) is 39.9 Å². The van der Waals surface area contributed by atoms with Gasteiger partial charge in [0.1, 0.15) is 5.69 Å². The highest BCUT2D eigenvalue weighted by atomic mass is 32.1. The lowest BCUT2D eigenvalue weighted by Crippen LogP contribution is -2.44. The van der Waals surface area contributed by atoms with Gasteiger partial charge in [0.2, 0.25) is 0 Å². The van der Waals surface area contributed by atoms with Crippen LogP contribution in [0.15, 0.2) is 35.8 Å². The molecule has 0 saturated carbocycles. The minimum atomic E-state index is 0.0821. The van der Waals surface area contributed by atoms with E-state index < -0.39 is 0 Å². The lowest BCUT2D eigenvalue weighted by atomic mass is 10.0. The Labute approximate surface area is 157 Å². The first-order chi connectivity index (χ1) is 12.5. The highest BCUT2D eigenvalue weighted by Crippen LogP contribution is 2.25. The second-order valence-corrected chi connectivity index (χ2v) is 8.05. The minimum absolute atomic E-state index is 0.0821. The molecule has 6 heteroatoms. The van der Waals surface area contributed by atoms with Gasteiger partial charge >= 0.3 is 0 Å². The molecule has 2 aromatic heterocycles. The maximum atomic E-state index is 13.1. The number of piperidine rings is 1. The molecule has 0 aliphatic carbocycles. The fourth-order valence-corrected chi connectivity index (χ4v) is 4.38. The minimum Gasteiger partial charge on any atom is -0.337 e. The third-order valence-corrected chi connectivity index (χ3v) is 6.17. The Bertz CT molecular complexity index is 919. The summed E-state index contributed by atoms with van der Waals surface area (Å²) in [5.41, 5.74) is 3.92. The summed E-state index contributed by atoms with van der Waals surface area (Å²) in [5.74, 6) is 0.0821. The van der Waals surface area contributed by atoms with E-state index in [4.69, 9.17) is 4.98 Å². The summed E-state index contributed by atoms with van der Waals surface area (Å²) in [6.07, 6.45) is 4.04. The zero-order valence-electron chi connectivity index (χ0n) is 15.5. The topological polar surface area (TPSA) is 40.9 Å². The van der Waals surface area contributed by atoms with E-state index in [1.165, 1.54) is 16.9 Å². The molecule has 1 saturated heterocycles. The van der Waals surface area contributed by atoms with E-state index in [1.54, 1.807) is 0 Å². The van der Waals surface area contributed by atoms with Crippen molar-refractivity contribution in [3.8, 4) is 11.3 Å². The molecular formula is C20H24N4OS. The summed E-state index contributed by atoms with van der Waals surface area (Å²) >= 11 is 1.52. The fraction of sp³-hybridized carbons (Fsp3) is 0.400. The summed E-state index contributed by atoms with van der Waals surface area (Å²) in [6.45, 7) is 4.17. The molecule has 1 fully saturated rings. The largest absolute Gasteiger partial charge is 0.337 e. The summed E-state index contributed by atoms with van der Waals surface area (Å²) in [5, 5.41) is 1.93. The normalized spacial score (nSPS) is 16.3. The molecule has 3 aromatic rings. The Morgan fingerprint density at radius 3 is 2.62 bits per heavy atom. The number of carbonyl (C=O) groups is 1. The van der Waals surface area contributed by atoms with Crippen molar-refractivity contribution < 1.29 is 4.79 Å². The van der Waals surface area contributed by atoms with Gasteiger partial charge < -0.3 is 9.80 Å². The van der Waals surface area contributed by atoms with Crippen LogP contribution in [0.1, 0.15) is 28.9 Å². The van der Waals surface area contributed by atoms with Gasteiger partial charge in [-0.1, -0.05) is 29.8 Å². The quantitative estimate of drug-likeness (QED) is 0.710. The lowest BCUT2D eigenvalue weighted by molar-refractivity contribution is 0.0653.